The molecule has 1 heterocycles. The third-order valence-corrected chi connectivity index (χ3v) is 5.26. The van der Waals surface area contributed by atoms with E-state index in [-0.39, 0.29) is 23.3 Å². The summed E-state index contributed by atoms with van der Waals surface area (Å²) in [7, 11) is 0. The molecule has 4 heteroatoms. The number of hydrogen-bond acceptors (Lipinski definition) is 2. The van der Waals surface area contributed by atoms with Crippen molar-refractivity contribution in [1.29, 1.82) is 0 Å². The van der Waals surface area contributed by atoms with Gasteiger partial charge in [0.05, 0.1) is 11.5 Å². The molecule has 1 aromatic carbocycles. The molecule has 1 aliphatic heterocycles. The van der Waals surface area contributed by atoms with Gasteiger partial charge in [-0.05, 0) is 37.5 Å². The molecule has 1 saturated heterocycles. The summed E-state index contributed by atoms with van der Waals surface area (Å²) in [6.07, 6.45) is 4.30. The van der Waals surface area contributed by atoms with Crippen LogP contribution in [0.5, 0.6) is 0 Å². The molecule has 0 aromatic heterocycles. The largest absolute Gasteiger partial charge is 0.275 e. The van der Waals surface area contributed by atoms with Gasteiger partial charge in [0.2, 0.25) is 11.8 Å². The smallest absolute Gasteiger partial charge is 0.236 e. The highest BCUT2D eigenvalue weighted by atomic mass is 79.9. The molecule has 0 radical (unpaired) electrons. The highest BCUT2D eigenvalue weighted by Gasteiger charge is 2.53. The van der Waals surface area contributed by atoms with Crippen molar-refractivity contribution in [2.24, 2.45) is 5.41 Å². The van der Waals surface area contributed by atoms with E-state index in [9.17, 15) is 9.59 Å². The molecular formula is C16H18BrNO2. The summed E-state index contributed by atoms with van der Waals surface area (Å²) in [5, 5.41) is 0. The lowest BCUT2D eigenvalue weighted by molar-refractivity contribution is -0.143. The quantitative estimate of drug-likeness (QED) is 0.770. The maximum atomic E-state index is 12.7. The van der Waals surface area contributed by atoms with E-state index in [1.54, 1.807) is 0 Å². The zero-order valence-corrected chi connectivity index (χ0v) is 13.1. The second-order valence-corrected chi connectivity index (χ2v) is 6.88. The molecular weight excluding hydrogens is 318 g/mol. The van der Waals surface area contributed by atoms with Gasteiger partial charge in [0.1, 0.15) is 0 Å². The number of rotatable bonds is 2. The lowest BCUT2D eigenvalue weighted by Gasteiger charge is -2.26. The summed E-state index contributed by atoms with van der Waals surface area (Å²) >= 11 is 3.40. The van der Waals surface area contributed by atoms with E-state index in [1.807, 2.05) is 31.2 Å². The predicted octanol–water partition coefficient (Wildman–Crippen LogP) is 3.83. The van der Waals surface area contributed by atoms with Crippen molar-refractivity contribution in [1.82, 2.24) is 4.90 Å². The van der Waals surface area contributed by atoms with Crippen LogP contribution in [0.25, 0.3) is 0 Å². The first-order valence-corrected chi connectivity index (χ1v) is 7.95. The molecule has 2 amide bonds. The van der Waals surface area contributed by atoms with Crippen LogP contribution in [0, 0.1) is 5.41 Å². The lowest BCUT2D eigenvalue weighted by Crippen LogP contribution is -2.36. The fourth-order valence-corrected chi connectivity index (χ4v) is 3.81. The van der Waals surface area contributed by atoms with E-state index in [4.69, 9.17) is 0 Å². The minimum atomic E-state index is -0.374. The van der Waals surface area contributed by atoms with Crippen molar-refractivity contribution in [2.75, 3.05) is 0 Å². The lowest BCUT2D eigenvalue weighted by atomic mass is 9.84. The van der Waals surface area contributed by atoms with Crippen LogP contribution in [0.2, 0.25) is 0 Å². The zero-order valence-electron chi connectivity index (χ0n) is 11.6. The van der Waals surface area contributed by atoms with Gasteiger partial charge >= 0.3 is 0 Å². The van der Waals surface area contributed by atoms with Gasteiger partial charge in [-0.25, -0.2) is 0 Å². The van der Waals surface area contributed by atoms with Crippen molar-refractivity contribution in [3.8, 4) is 0 Å². The molecule has 1 saturated carbocycles. The van der Waals surface area contributed by atoms with Crippen LogP contribution >= 0.6 is 15.9 Å². The predicted molar refractivity (Wildman–Crippen MR) is 79.9 cm³/mol. The maximum Gasteiger partial charge on any atom is 0.236 e. The molecule has 2 fully saturated rings. The Morgan fingerprint density at radius 2 is 1.75 bits per heavy atom. The van der Waals surface area contributed by atoms with E-state index < -0.39 is 0 Å². The second-order valence-electron chi connectivity index (χ2n) is 5.96. The minimum absolute atomic E-state index is 0.00711. The van der Waals surface area contributed by atoms with E-state index in [0.29, 0.717) is 6.42 Å². The first-order chi connectivity index (χ1) is 9.53. The Morgan fingerprint density at radius 1 is 1.15 bits per heavy atom. The molecule has 2 aliphatic rings. The monoisotopic (exact) mass is 335 g/mol. The Hall–Kier alpha value is -1.16. The molecule has 1 atom stereocenters. The van der Waals surface area contributed by atoms with Crippen molar-refractivity contribution in [3.05, 3.63) is 34.3 Å². The summed E-state index contributed by atoms with van der Waals surface area (Å²) in [5.74, 6) is 0.0442. The topological polar surface area (TPSA) is 37.4 Å². The number of carbonyl (C=O) groups excluding carboxylic acids is 2. The number of halogens is 1. The summed E-state index contributed by atoms with van der Waals surface area (Å²) in [5.41, 5.74) is 0.630. The molecule has 3 nitrogen and oxygen atoms in total. The van der Waals surface area contributed by atoms with Crippen LogP contribution in [0.15, 0.2) is 28.7 Å². The molecule has 1 aromatic rings. The zero-order chi connectivity index (χ0) is 14.3. The maximum absolute atomic E-state index is 12.7. The molecule has 0 bridgehead atoms. The molecule has 1 spiro atoms. The van der Waals surface area contributed by atoms with Crippen LogP contribution in [-0.4, -0.2) is 16.7 Å². The molecule has 0 N–H and O–H groups in total. The number of imide groups is 1. The average molecular weight is 336 g/mol. The van der Waals surface area contributed by atoms with Gasteiger partial charge in [-0.15, -0.1) is 0 Å². The second kappa shape index (κ2) is 4.99. The number of hydrogen-bond donors (Lipinski definition) is 0. The third-order valence-electron chi connectivity index (χ3n) is 4.73. The van der Waals surface area contributed by atoms with Crippen LogP contribution < -0.4 is 0 Å². The van der Waals surface area contributed by atoms with Crippen molar-refractivity contribution >= 4 is 27.7 Å². The SMILES string of the molecule is CC(c1ccc(Br)cc1)N1C(=O)CC2(CCCC2)C1=O. The van der Waals surface area contributed by atoms with Crippen molar-refractivity contribution in [2.45, 2.75) is 45.1 Å². The first-order valence-electron chi connectivity index (χ1n) is 7.15. The molecule has 20 heavy (non-hydrogen) atoms. The van der Waals surface area contributed by atoms with Gasteiger partial charge in [-0.1, -0.05) is 40.9 Å². The summed E-state index contributed by atoms with van der Waals surface area (Å²) in [6, 6.07) is 7.65. The number of nitrogens with zero attached hydrogens (tertiary/aromatic N) is 1. The average Bonchev–Trinajstić information content (AvgIpc) is 2.97. The van der Waals surface area contributed by atoms with Gasteiger partial charge in [-0.2, -0.15) is 0 Å². The molecule has 106 valence electrons. The van der Waals surface area contributed by atoms with Gasteiger partial charge < -0.3 is 0 Å². The molecule has 3 rings (SSSR count). The van der Waals surface area contributed by atoms with Crippen molar-refractivity contribution < 1.29 is 9.59 Å². The highest BCUT2D eigenvalue weighted by Crippen LogP contribution is 2.48. The Morgan fingerprint density at radius 3 is 2.35 bits per heavy atom. The normalized spacial score (nSPS) is 22.8. The Labute approximate surface area is 127 Å². The Balaban J connectivity index is 1.88. The Bertz CT molecular complexity index is 546. The van der Waals surface area contributed by atoms with E-state index in [2.05, 4.69) is 15.9 Å². The third kappa shape index (κ3) is 2.10. The number of amides is 2. The van der Waals surface area contributed by atoms with Crippen LogP contribution in [0.3, 0.4) is 0 Å². The highest BCUT2D eigenvalue weighted by molar-refractivity contribution is 9.10. The van der Waals surface area contributed by atoms with Gasteiger partial charge in [0.15, 0.2) is 0 Å². The van der Waals surface area contributed by atoms with Gasteiger partial charge in [0, 0.05) is 10.9 Å². The van der Waals surface area contributed by atoms with Crippen molar-refractivity contribution in [3.63, 3.8) is 0 Å². The van der Waals surface area contributed by atoms with E-state index in [0.717, 1.165) is 35.7 Å². The fraction of sp³-hybridized carbons (Fsp3) is 0.500. The summed E-state index contributed by atoms with van der Waals surface area (Å²) < 4.78 is 1.000. The Kier molecular flexibility index (Phi) is 3.44. The summed E-state index contributed by atoms with van der Waals surface area (Å²) in [6.45, 7) is 1.94. The number of likely N-dealkylation sites (tertiary alicyclic amines) is 1. The van der Waals surface area contributed by atoms with Crippen LogP contribution in [-0.2, 0) is 9.59 Å². The van der Waals surface area contributed by atoms with E-state index in [1.165, 1.54) is 4.90 Å². The summed E-state index contributed by atoms with van der Waals surface area (Å²) in [4.78, 5) is 26.5. The molecule has 1 aliphatic carbocycles. The first kappa shape index (κ1) is 13.8. The van der Waals surface area contributed by atoms with Crippen LogP contribution in [0.4, 0.5) is 0 Å². The number of carbonyl (C=O) groups is 2. The van der Waals surface area contributed by atoms with Gasteiger partial charge in [0.25, 0.3) is 0 Å². The standard InChI is InChI=1S/C16H18BrNO2/c1-11(12-4-6-13(17)7-5-12)18-14(19)10-16(15(18)20)8-2-3-9-16/h4-7,11H,2-3,8-10H2,1H3. The van der Waals surface area contributed by atoms with Gasteiger partial charge in [-0.3, -0.25) is 14.5 Å². The van der Waals surface area contributed by atoms with Crippen LogP contribution in [0.1, 0.15) is 50.6 Å². The van der Waals surface area contributed by atoms with E-state index >= 15 is 0 Å². The number of benzene rings is 1. The fourth-order valence-electron chi connectivity index (χ4n) is 3.54. The minimum Gasteiger partial charge on any atom is -0.275 e. The molecule has 1 unspecified atom stereocenters.